The SMILES string of the molecule is C=C(/N=C\C(N)=C/N)N(C)C. The lowest BCUT2D eigenvalue weighted by Gasteiger charge is -2.09. The summed E-state index contributed by atoms with van der Waals surface area (Å²) < 4.78 is 0. The fourth-order valence-electron chi connectivity index (χ4n) is 0.308. The van der Waals surface area contributed by atoms with E-state index in [-0.39, 0.29) is 0 Å². The van der Waals surface area contributed by atoms with Gasteiger partial charge in [-0.15, -0.1) is 0 Å². The molecule has 11 heavy (non-hydrogen) atoms. The van der Waals surface area contributed by atoms with Crippen LogP contribution in [0.5, 0.6) is 0 Å². The van der Waals surface area contributed by atoms with Gasteiger partial charge in [0, 0.05) is 20.3 Å². The maximum Gasteiger partial charge on any atom is 0.120 e. The van der Waals surface area contributed by atoms with Crippen molar-refractivity contribution in [2.45, 2.75) is 0 Å². The fourth-order valence-corrected chi connectivity index (χ4v) is 0.308. The van der Waals surface area contributed by atoms with Gasteiger partial charge in [0.2, 0.25) is 0 Å². The quantitative estimate of drug-likeness (QED) is 0.555. The smallest absolute Gasteiger partial charge is 0.120 e. The molecule has 0 atom stereocenters. The first kappa shape index (κ1) is 9.55. The van der Waals surface area contributed by atoms with Crippen molar-refractivity contribution in [1.82, 2.24) is 4.90 Å². The van der Waals surface area contributed by atoms with E-state index in [0.29, 0.717) is 11.5 Å². The van der Waals surface area contributed by atoms with Gasteiger partial charge in [0.1, 0.15) is 5.82 Å². The highest BCUT2D eigenvalue weighted by Crippen LogP contribution is 1.94. The van der Waals surface area contributed by atoms with E-state index in [2.05, 4.69) is 11.6 Å². The molecule has 0 saturated heterocycles. The summed E-state index contributed by atoms with van der Waals surface area (Å²) in [7, 11) is 3.70. The molecule has 0 fully saturated rings. The average Bonchev–Trinajstić information content (AvgIpc) is 1.99. The first-order valence-electron chi connectivity index (χ1n) is 3.15. The molecule has 0 radical (unpaired) electrons. The predicted octanol–water partition coefficient (Wildman–Crippen LogP) is -0.151. The summed E-state index contributed by atoms with van der Waals surface area (Å²) in [6.07, 6.45) is 2.74. The van der Waals surface area contributed by atoms with Gasteiger partial charge >= 0.3 is 0 Å². The minimum absolute atomic E-state index is 0.424. The van der Waals surface area contributed by atoms with Crippen molar-refractivity contribution < 1.29 is 0 Å². The summed E-state index contributed by atoms with van der Waals surface area (Å²) >= 11 is 0. The standard InChI is InChI=1S/C7H14N4/c1-6(11(2)3)10-5-7(9)4-8/h4-5H,1,8-9H2,2-3H3/b7-4+,10-5-. The van der Waals surface area contributed by atoms with Crippen molar-refractivity contribution in [3.8, 4) is 0 Å². The highest BCUT2D eigenvalue weighted by atomic mass is 15.2. The molecule has 0 aliphatic carbocycles. The molecule has 0 bridgehead atoms. The van der Waals surface area contributed by atoms with E-state index >= 15 is 0 Å². The van der Waals surface area contributed by atoms with Gasteiger partial charge in [-0.25, -0.2) is 4.99 Å². The van der Waals surface area contributed by atoms with Crippen LogP contribution in [0.15, 0.2) is 29.3 Å². The normalized spacial score (nSPS) is 12.0. The minimum Gasteiger partial charge on any atom is -0.403 e. The Morgan fingerprint density at radius 2 is 2.09 bits per heavy atom. The molecule has 0 saturated carbocycles. The molecular formula is C7H14N4. The Morgan fingerprint density at radius 1 is 1.55 bits per heavy atom. The van der Waals surface area contributed by atoms with Crippen molar-refractivity contribution in [2.75, 3.05) is 14.1 Å². The molecule has 4 N–H and O–H groups in total. The molecule has 0 unspecified atom stereocenters. The second-order valence-corrected chi connectivity index (χ2v) is 2.24. The molecule has 4 heteroatoms. The van der Waals surface area contributed by atoms with Crippen LogP contribution in [0, 0.1) is 0 Å². The average molecular weight is 154 g/mol. The van der Waals surface area contributed by atoms with Crippen LogP contribution in [0.3, 0.4) is 0 Å². The van der Waals surface area contributed by atoms with Gasteiger partial charge in [-0.05, 0) is 0 Å². The Labute approximate surface area is 66.9 Å². The van der Waals surface area contributed by atoms with E-state index in [1.807, 2.05) is 14.1 Å². The van der Waals surface area contributed by atoms with E-state index in [1.165, 1.54) is 12.4 Å². The lowest BCUT2D eigenvalue weighted by Crippen LogP contribution is -2.09. The van der Waals surface area contributed by atoms with Gasteiger partial charge in [0.15, 0.2) is 0 Å². The molecular weight excluding hydrogens is 140 g/mol. The Bertz CT molecular complexity index is 191. The van der Waals surface area contributed by atoms with Crippen LogP contribution < -0.4 is 11.5 Å². The first-order valence-corrected chi connectivity index (χ1v) is 3.15. The Balaban J connectivity index is 4.04. The van der Waals surface area contributed by atoms with Crippen LogP contribution in [-0.4, -0.2) is 25.2 Å². The Kier molecular flexibility index (Phi) is 3.80. The van der Waals surface area contributed by atoms with E-state index in [1.54, 1.807) is 4.90 Å². The third-order valence-electron chi connectivity index (χ3n) is 1.07. The second-order valence-electron chi connectivity index (χ2n) is 2.24. The molecule has 0 aromatic carbocycles. The zero-order chi connectivity index (χ0) is 8.85. The topological polar surface area (TPSA) is 67.6 Å². The van der Waals surface area contributed by atoms with Gasteiger partial charge in [0.05, 0.1) is 11.9 Å². The number of hydrogen-bond donors (Lipinski definition) is 2. The monoisotopic (exact) mass is 154 g/mol. The van der Waals surface area contributed by atoms with Gasteiger partial charge in [-0.1, -0.05) is 6.58 Å². The summed E-state index contributed by atoms with van der Waals surface area (Å²) in [6, 6.07) is 0. The molecule has 0 rings (SSSR count). The van der Waals surface area contributed by atoms with Crippen LogP contribution in [0.25, 0.3) is 0 Å². The number of aliphatic imine (C=N–C) groups is 1. The number of rotatable bonds is 3. The van der Waals surface area contributed by atoms with Crippen LogP contribution in [-0.2, 0) is 0 Å². The molecule has 4 nitrogen and oxygen atoms in total. The summed E-state index contributed by atoms with van der Waals surface area (Å²) in [5, 5.41) is 0. The number of hydrogen-bond acceptors (Lipinski definition) is 4. The van der Waals surface area contributed by atoms with Crippen molar-refractivity contribution in [3.63, 3.8) is 0 Å². The van der Waals surface area contributed by atoms with Gasteiger partial charge in [-0.2, -0.15) is 0 Å². The highest BCUT2D eigenvalue weighted by Gasteiger charge is 1.89. The number of nitrogens with zero attached hydrogens (tertiary/aromatic N) is 2. The molecule has 0 aromatic rings. The lowest BCUT2D eigenvalue weighted by molar-refractivity contribution is 0.510. The molecule has 0 aromatic heterocycles. The molecule has 0 aliphatic rings. The summed E-state index contributed by atoms with van der Waals surface area (Å²) in [4.78, 5) is 5.71. The number of allylic oxidation sites excluding steroid dienone is 1. The van der Waals surface area contributed by atoms with Crippen molar-refractivity contribution >= 4 is 6.21 Å². The third kappa shape index (κ3) is 4.02. The predicted molar refractivity (Wildman–Crippen MR) is 47.8 cm³/mol. The first-order chi connectivity index (χ1) is 5.07. The van der Waals surface area contributed by atoms with Crippen LogP contribution >= 0.6 is 0 Å². The van der Waals surface area contributed by atoms with E-state index in [9.17, 15) is 0 Å². The van der Waals surface area contributed by atoms with Gasteiger partial charge in [0.25, 0.3) is 0 Å². The minimum atomic E-state index is 0.424. The summed E-state index contributed by atoms with van der Waals surface area (Å²) in [5.41, 5.74) is 10.9. The molecule has 0 amide bonds. The Hall–Kier alpha value is -1.45. The zero-order valence-electron chi connectivity index (χ0n) is 6.91. The lowest BCUT2D eigenvalue weighted by atomic mass is 10.5. The number of nitrogens with two attached hydrogens (primary N) is 2. The zero-order valence-corrected chi connectivity index (χ0v) is 6.91. The third-order valence-corrected chi connectivity index (χ3v) is 1.07. The van der Waals surface area contributed by atoms with E-state index in [0.717, 1.165) is 0 Å². The van der Waals surface area contributed by atoms with Crippen molar-refractivity contribution in [2.24, 2.45) is 16.5 Å². The summed E-state index contributed by atoms with van der Waals surface area (Å²) in [6.45, 7) is 3.66. The van der Waals surface area contributed by atoms with Gasteiger partial charge in [-0.3, -0.25) is 0 Å². The second kappa shape index (κ2) is 4.38. The molecule has 0 spiro atoms. The molecule has 0 heterocycles. The van der Waals surface area contributed by atoms with Crippen LogP contribution in [0.1, 0.15) is 0 Å². The van der Waals surface area contributed by atoms with Crippen molar-refractivity contribution in [3.05, 3.63) is 24.3 Å². The van der Waals surface area contributed by atoms with Gasteiger partial charge < -0.3 is 16.4 Å². The van der Waals surface area contributed by atoms with E-state index < -0.39 is 0 Å². The molecule has 0 aliphatic heterocycles. The fraction of sp³-hybridized carbons (Fsp3) is 0.286. The van der Waals surface area contributed by atoms with E-state index in [4.69, 9.17) is 11.5 Å². The molecule has 62 valence electrons. The largest absolute Gasteiger partial charge is 0.403 e. The highest BCUT2D eigenvalue weighted by molar-refractivity contribution is 5.77. The van der Waals surface area contributed by atoms with Crippen molar-refractivity contribution in [1.29, 1.82) is 0 Å². The maximum absolute atomic E-state index is 5.35. The maximum atomic E-state index is 5.35. The summed E-state index contributed by atoms with van der Waals surface area (Å²) in [5.74, 6) is 0.634. The Morgan fingerprint density at radius 3 is 2.45 bits per heavy atom. The van der Waals surface area contributed by atoms with Crippen LogP contribution in [0.4, 0.5) is 0 Å². The van der Waals surface area contributed by atoms with Crippen LogP contribution in [0.2, 0.25) is 0 Å².